The summed E-state index contributed by atoms with van der Waals surface area (Å²) >= 11 is 0. The maximum Gasteiger partial charge on any atom is 0.315 e. The Morgan fingerprint density at radius 1 is 1.29 bits per heavy atom. The number of aliphatic carboxylic acids is 1. The second-order valence-corrected chi connectivity index (χ2v) is 6.99. The van der Waals surface area contributed by atoms with E-state index in [1.54, 1.807) is 0 Å². The Morgan fingerprint density at radius 2 is 1.90 bits per heavy atom. The van der Waals surface area contributed by atoms with Gasteiger partial charge in [-0.2, -0.15) is 0 Å². The van der Waals surface area contributed by atoms with Crippen LogP contribution in [-0.4, -0.2) is 35.1 Å². The van der Waals surface area contributed by atoms with Gasteiger partial charge in [-0.05, 0) is 37.7 Å². The molecule has 0 aliphatic carbocycles. The fourth-order valence-electron chi connectivity index (χ4n) is 3.54. The molecule has 1 saturated heterocycles. The van der Waals surface area contributed by atoms with Crippen molar-refractivity contribution in [1.82, 2.24) is 4.90 Å². The van der Waals surface area contributed by atoms with E-state index in [9.17, 15) is 9.90 Å². The summed E-state index contributed by atoms with van der Waals surface area (Å²) in [6.07, 6.45) is 1.23. The van der Waals surface area contributed by atoms with Gasteiger partial charge in [-0.3, -0.25) is 9.69 Å². The summed E-state index contributed by atoms with van der Waals surface area (Å²) in [5.74, 6) is 0.499. The molecule has 3 nitrogen and oxygen atoms in total. The molecular weight excluding hydrogens is 262 g/mol. The van der Waals surface area contributed by atoms with Crippen LogP contribution in [0.4, 0.5) is 0 Å². The highest BCUT2D eigenvalue weighted by Crippen LogP contribution is 2.32. The lowest BCUT2D eigenvalue weighted by atomic mass is 9.79. The minimum absolute atomic E-state index is 0.434. The van der Waals surface area contributed by atoms with Gasteiger partial charge in [-0.25, -0.2) is 0 Å². The van der Waals surface area contributed by atoms with Crippen molar-refractivity contribution in [3.05, 3.63) is 35.9 Å². The zero-order valence-corrected chi connectivity index (χ0v) is 13.5. The normalized spacial score (nSPS) is 29.8. The Kier molecular flexibility index (Phi) is 4.72. The Hall–Kier alpha value is -1.35. The number of nitrogens with zero attached hydrogens (tertiary/aromatic N) is 1. The number of likely N-dealkylation sites (tertiary alicyclic amines) is 1. The summed E-state index contributed by atoms with van der Waals surface area (Å²) in [6.45, 7) is 10.2. The van der Waals surface area contributed by atoms with Crippen LogP contribution in [0.15, 0.2) is 30.3 Å². The van der Waals surface area contributed by atoms with Crippen LogP contribution in [-0.2, 0) is 10.2 Å². The zero-order valence-electron chi connectivity index (χ0n) is 13.5. The summed E-state index contributed by atoms with van der Waals surface area (Å²) in [5, 5.41) is 9.81. The van der Waals surface area contributed by atoms with Crippen molar-refractivity contribution in [1.29, 1.82) is 0 Å². The smallest absolute Gasteiger partial charge is 0.315 e. The molecular formula is C18H27NO2. The topological polar surface area (TPSA) is 40.5 Å². The Morgan fingerprint density at radius 3 is 2.48 bits per heavy atom. The number of carboxylic acid groups (broad SMARTS) is 1. The Labute approximate surface area is 128 Å². The van der Waals surface area contributed by atoms with Crippen molar-refractivity contribution < 1.29 is 9.90 Å². The summed E-state index contributed by atoms with van der Waals surface area (Å²) < 4.78 is 0. The van der Waals surface area contributed by atoms with E-state index in [1.165, 1.54) is 6.42 Å². The van der Waals surface area contributed by atoms with Crippen LogP contribution in [0.1, 0.15) is 39.7 Å². The van der Waals surface area contributed by atoms with E-state index in [1.807, 2.05) is 37.3 Å². The van der Waals surface area contributed by atoms with Gasteiger partial charge in [0.05, 0.1) is 0 Å². The first-order valence-electron chi connectivity index (χ1n) is 7.87. The van der Waals surface area contributed by atoms with E-state index in [-0.39, 0.29) is 0 Å². The van der Waals surface area contributed by atoms with E-state index >= 15 is 0 Å². The van der Waals surface area contributed by atoms with Crippen LogP contribution in [0.3, 0.4) is 0 Å². The summed E-state index contributed by atoms with van der Waals surface area (Å²) in [7, 11) is 0. The fourth-order valence-corrected chi connectivity index (χ4v) is 3.54. The SMILES string of the molecule is CC1CC(C)C(C)N(CC(C)(C(=O)O)c2ccccc2)C1. The highest BCUT2D eigenvalue weighted by atomic mass is 16.4. The predicted molar refractivity (Wildman–Crippen MR) is 85.4 cm³/mol. The first-order chi connectivity index (χ1) is 9.84. The van der Waals surface area contributed by atoms with Crippen molar-refractivity contribution >= 4 is 5.97 Å². The van der Waals surface area contributed by atoms with E-state index in [0.717, 1.165) is 12.1 Å². The molecule has 4 atom stereocenters. The maximum absolute atomic E-state index is 11.9. The van der Waals surface area contributed by atoms with Crippen molar-refractivity contribution in [3.8, 4) is 0 Å². The van der Waals surface area contributed by atoms with Crippen LogP contribution >= 0.6 is 0 Å². The maximum atomic E-state index is 11.9. The number of benzene rings is 1. The minimum atomic E-state index is -0.855. The Bertz CT molecular complexity index is 487. The second-order valence-electron chi connectivity index (χ2n) is 6.99. The standard InChI is InChI=1S/C18H27NO2/c1-13-10-14(2)15(3)19(11-13)12-18(4,17(20)21)16-8-6-5-7-9-16/h5-9,13-15H,10-12H2,1-4H3,(H,20,21). The lowest BCUT2D eigenvalue weighted by Crippen LogP contribution is -2.53. The molecule has 2 rings (SSSR count). The van der Waals surface area contributed by atoms with Crippen molar-refractivity contribution in [2.45, 2.75) is 45.6 Å². The first-order valence-corrected chi connectivity index (χ1v) is 7.87. The van der Waals surface area contributed by atoms with E-state index < -0.39 is 11.4 Å². The molecule has 0 saturated carbocycles. The van der Waals surface area contributed by atoms with Crippen LogP contribution in [0.25, 0.3) is 0 Å². The third-order valence-corrected chi connectivity index (χ3v) is 5.12. The molecule has 116 valence electrons. The Balaban J connectivity index is 2.26. The van der Waals surface area contributed by atoms with Crippen molar-refractivity contribution in [2.24, 2.45) is 11.8 Å². The third kappa shape index (κ3) is 3.29. The molecule has 1 N–H and O–H groups in total. The molecule has 4 unspecified atom stereocenters. The molecule has 1 aromatic carbocycles. The minimum Gasteiger partial charge on any atom is -0.481 e. The molecule has 1 aliphatic rings. The third-order valence-electron chi connectivity index (χ3n) is 5.12. The number of hydrogen-bond acceptors (Lipinski definition) is 2. The lowest BCUT2D eigenvalue weighted by molar-refractivity contribution is -0.144. The summed E-state index contributed by atoms with van der Waals surface area (Å²) in [5.41, 5.74) is 0.0299. The van der Waals surface area contributed by atoms with Crippen molar-refractivity contribution in [3.63, 3.8) is 0 Å². The van der Waals surface area contributed by atoms with E-state index in [0.29, 0.717) is 24.4 Å². The largest absolute Gasteiger partial charge is 0.481 e. The molecule has 1 heterocycles. The van der Waals surface area contributed by atoms with Gasteiger partial charge in [0.15, 0.2) is 0 Å². The van der Waals surface area contributed by atoms with Gasteiger partial charge in [0.2, 0.25) is 0 Å². The first kappa shape index (κ1) is 16.0. The number of piperidine rings is 1. The molecule has 1 aliphatic heterocycles. The fraction of sp³-hybridized carbons (Fsp3) is 0.611. The summed E-state index contributed by atoms with van der Waals surface area (Å²) in [4.78, 5) is 14.3. The molecule has 21 heavy (non-hydrogen) atoms. The molecule has 0 amide bonds. The quantitative estimate of drug-likeness (QED) is 0.923. The molecule has 1 aromatic rings. The van der Waals surface area contributed by atoms with Crippen LogP contribution < -0.4 is 0 Å². The van der Waals surface area contributed by atoms with Gasteiger partial charge in [-0.1, -0.05) is 44.2 Å². The van der Waals surface area contributed by atoms with Gasteiger partial charge in [-0.15, -0.1) is 0 Å². The zero-order chi connectivity index (χ0) is 15.6. The van der Waals surface area contributed by atoms with Crippen molar-refractivity contribution in [2.75, 3.05) is 13.1 Å². The number of rotatable bonds is 4. The molecule has 0 radical (unpaired) electrons. The highest BCUT2D eigenvalue weighted by Gasteiger charge is 2.40. The van der Waals surface area contributed by atoms with Crippen LogP contribution in [0, 0.1) is 11.8 Å². The van der Waals surface area contributed by atoms with Gasteiger partial charge in [0, 0.05) is 19.1 Å². The van der Waals surface area contributed by atoms with Gasteiger partial charge in [0.25, 0.3) is 0 Å². The second kappa shape index (κ2) is 6.18. The monoisotopic (exact) mass is 289 g/mol. The number of carboxylic acids is 1. The molecule has 0 aromatic heterocycles. The summed E-state index contributed by atoms with van der Waals surface area (Å²) in [6, 6.07) is 10.1. The molecule has 3 heteroatoms. The lowest BCUT2D eigenvalue weighted by Gasteiger charge is -2.44. The van der Waals surface area contributed by atoms with Gasteiger partial charge < -0.3 is 5.11 Å². The number of carbonyl (C=O) groups is 1. The van der Waals surface area contributed by atoms with Gasteiger partial charge >= 0.3 is 5.97 Å². The average molecular weight is 289 g/mol. The van der Waals surface area contributed by atoms with E-state index in [4.69, 9.17) is 0 Å². The molecule has 0 spiro atoms. The van der Waals surface area contributed by atoms with Crippen LogP contribution in [0.2, 0.25) is 0 Å². The average Bonchev–Trinajstić information content (AvgIpc) is 2.44. The highest BCUT2D eigenvalue weighted by molar-refractivity contribution is 5.81. The van der Waals surface area contributed by atoms with Gasteiger partial charge in [0.1, 0.15) is 5.41 Å². The predicted octanol–water partition coefficient (Wildman–Crippen LogP) is 3.40. The molecule has 0 bridgehead atoms. The van der Waals surface area contributed by atoms with Crippen LogP contribution in [0.5, 0.6) is 0 Å². The van der Waals surface area contributed by atoms with E-state index in [2.05, 4.69) is 25.7 Å². The number of hydrogen-bond donors (Lipinski definition) is 1. The molecule has 1 fully saturated rings.